The van der Waals surface area contributed by atoms with E-state index in [0.717, 1.165) is 10.7 Å². The Bertz CT molecular complexity index is 1200. The maximum atomic E-state index is 13.4. The zero-order chi connectivity index (χ0) is 21.8. The number of thiazole rings is 1. The van der Waals surface area contributed by atoms with E-state index in [1.54, 1.807) is 53.4 Å². The van der Waals surface area contributed by atoms with Gasteiger partial charge in [-0.2, -0.15) is 0 Å². The van der Waals surface area contributed by atoms with Crippen LogP contribution in [0.15, 0.2) is 71.4 Å². The molecule has 2 heterocycles. The molecule has 0 atom stereocenters. The van der Waals surface area contributed by atoms with Crippen LogP contribution in [0.5, 0.6) is 0 Å². The molecule has 31 heavy (non-hydrogen) atoms. The van der Waals surface area contributed by atoms with Crippen LogP contribution in [0.1, 0.15) is 30.7 Å². The number of anilines is 2. The van der Waals surface area contributed by atoms with Gasteiger partial charge in [0, 0.05) is 22.3 Å². The molecule has 0 bridgehead atoms. The van der Waals surface area contributed by atoms with Gasteiger partial charge in [0.15, 0.2) is 0 Å². The number of amides is 2. The third kappa shape index (κ3) is 5.04. The molecule has 0 saturated heterocycles. The number of nitrogens with one attached hydrogen (secondary N) is 1. The van der Waals surface area contributed by atoms with Crippen molar-refractivity contribution in [3.8, 4) is 0 Å². The highest BCUT2D eigenvalue weighted by atomic mass is 32.1. The molecule has 5 nitrogen and oxygen atoms in total. The Morgan fingerprint density at radius 1 is 1.06 bits per heavy atom. The Kier molecular flexibility index (Phi) is 6.20. The van der Waals surface area contributed by atoms with Crippen molar-refractivity contribution < 1.29 is 14.0 Å². The maximum absolute atomic E-state index is 13.4. The summed E-state index contributed by atoms with van der Waals surface area (Å²) in [5, 5.41) is 7.45. The second kappa shape index (κ2) is 9.20. The Morgan fingerprint density at radius 2 is 1.87 bits per heavy atom. The molecule has 0 saturated carbocycles. The van der Waals surface area contributed by atoms with Crippen molar-refractivity contribution in [2.75, 3.05) is 10.2 Å². The van der Waals surface area contributed by atoms with E-state index in [-0.39, 0.29) is 24.2 Å². The molecule has 0 aliphatic heterocycles. The van der Waals surface area contributed by atoms with Crippen LogP contribution in [0, 0.1) is 12.7 Å². The number of thiophene rings is 1. The molecular weight excluding hydrogens is 433 g/mol. The predicted octanol–water partition coefficient (Wildman–Crippen LogP) is 5.75. The van der Waals surface area contributed by atoms with Crippen molar-refractivity contribution in [2.45, 2.75) is 13.5 Å². The second-order valence-corrected chi connectivity index (χ2v) is 8.75. The van der Waals surface area contributed by atoms with Crippen molar-refractivity contribution >= 4 is 45.9 Å². The SMILES string of the molecule is Cc1nc(CN(C(=O)c2cccc(NC(=O)c3cccs3)c2)c2ccc(F)cc2)cs1. The Hall–Kier alpha value is -3.36. The maximum Gasteiger partial charge on any atom is 0.265 e. The highest BCUT2D eigenvalue weighted by molar-refractivity contribution is 7.12. The fraction of sp³-hybridized carbons (Fsp3) is 0.0870. The summed E-state index contributed by atoms with van der Waals surface area (Å²) in [6, 6.07) is 16.1. The third-order valence-electron chi connectivity index (χ3n) is 4.48. The lowest BCUT2D eigenvalue weighted by atomic mass is 10.1. The molecule has 4 rings (SSSR count). The molecule has 4 aromatic rings. The van der Waals surface area contributed by atoms with Crippen LogP contribution in [0.3, 0.4) is 0 Å². The van der Waals surface area contributed by atoms with Crippen molar-refractivity contribution in [1.29, 1.82) is 0 Å². The van der Waals surface area contributed by atoms with Crippen LogP contribution in [-0.2, 0) is 6.54 Å². The zero-order valence-corrected chi connectivity index (χ0v) is 18.2. The topological polar surface area (TPSA) is 62.3 Å². The van der Waals surface area contributed by atoms with Crippen molar-refractivity contribution in [3.63, 3.8) is 0 Å². The van der Waals surface area contributed by atoms with E-state index in [0.29, 0.717) is 21.8 Å². The molecule has 8 heteroatoms. The Labute approximate surface area is 186 Å². The first kappa shape index (κ1) is 20.9. The van der Waals surface area contributed by atoms with E-state index in [1.165, 1.54) is 34.8 Å². The van der Waals surface area contributed by atoms with E-state index in [9.17, 15) is 14.0 Å². The van der Waals surface area contributed by atoms with E-state index >= 15 is 0 Å². The van der Waals surface area contributed by atoms with Gasteiger partial charge in [0.25, 0.3) is 11.8 Å². The fourth-order valence-corrected chi connectivity index (χ4v) is 4.25. The molecule has 0 spiro atoms. The molecule has 2 aromatic heterocycles. The zero-order valence-electron chi connectivity index (χ0n) is 16.5. The highest BCUT2D eigenvalue weighted by Crippen LogP contribution is 2.23. The minimum absolute atomic E-state index is 0.229. The first-order chi connectivity index (χ1) is 15.0. The van der Waals surface area contributed by atoms with Crippen LogP contribution in [-0.4, -0.2) is 16.8 Å². The van der Waals surface area contributed by atoms with Gasteiger partial charge in [0.2, 0.25) is 0 Å². The van der Waals surface area contributed by atoms with Gasteiger partial charge in [0.1, 0.15) is 5.82 Å². The molecule has 0 aliphatic rings. The molecule has 2 aromatic carbocycles. The molecule has 0 fully saturated rings. The quantitative estimate of drug-likeness (QED) is 0.406. The van der Waals surface area contributed by atoms with Crippen molar-refractivity contribution in [2.24, 2.45) is 0 Å². The first-order valence-corrected chi connectivity index (χ1v) is 11.2. The number of halogens is 1. The number of nitrogens with zero attached hydrogens (tertiary/aromatic N) is 2. The van der Waals surface area contributed by atoms with Crippen LogP contribution >= 0.6 is 22.7 Å². The number of carbonyl (C=O) groups excluding carboxylic acids is 2. The second-order valence-electron chi connectivity index (χ2n) is 6.74. The van der Waals surface area contributed by atoms with Crippen LogP contribution in [0.25, 0.3) is 0 Å². The van der Waals surface area contributed by atoms with Gasteiger partial charge >= 0.3 is 0 Å². The van der Waals surface area contributed by atoms with E-state index in [1.807, 2.05) is 17.7 Å². The summed E-state index contributed by atoms with van der Waals surface area (Å²) >= 11 is 2.85. The number of aromatic nitrogens is 1. The Morgan fingerprint density at radius 3 is 2.55 bits per heavy atom. The van der Waals surface area contributed by atoms with Crippen LogP contribution in [0.2, 0.25) is 0 Å². The lowest BCUT2D eigenvalue weighted by Gasteiger charge is -2.22. The minimum atomic E-state index is -0.376. The van der Waals surface area contributed by atoms with Gasteiger partial charge in [-0.05, 0) is 60.8 Å². The van der Waals surface area contributed by atoms with E-state index in [2.05, 4.69) is 10.3 Å². The fourth-order valence-electron chi connectivity index (χ4n) is 3.03. The number of rotatable bonds is 6. The van der Waals surface area contributed by atoms with Crippen LogP contribution in [0.4, 0.5) is 15.8 Å². The summed E-state index contributed by atoms with van der Waals surface area (Å²) in [5.74, 6) is -0.878. The minimum Gasteiger partial charge on any atom is -0.321 e. The Balaban J connectivity index is 1.61. The van der Waals surface area contributed by atoms with Crippen molar-refractivity contribution in [1.82, 2.24) is 4.98 Å². The number of benzene rings is 2. The molecule has 0 aliphatic carbocycles. The van der Waals surface area contributed by atoms with Gasteiger partial charge in [-0.3, -0.25) is 9.59 Å². The number of hydrogen-bond acceptors (Lipinski definition) is 5. The highest BCUT2D eigenvalue weighted by Gasteiger charge is 2.20. The standard InChI is InChI=1S/C23H18FN3O2S2/c1-15-25-19(14-31-15)13-27(20-9-7-17(24)8-10-20)23(29)16-4-2-5-18(12-16)26-22(28)21-6-3-11-30-21/h2-12,14H,13H2,1H3,(H,26,28). The predicted molar refractivity (Wildman–Crippen MR) is 122 cm³/mol. The normalized spacial score (nSPS) is 10.6. The number of aryl methyl sites for hydroxylation is 1. The molecule has 0 radical (unpaired) electrons. The number of hydrogen-bond donors (Lipinski definition) is 1. The summed E-state index contributed by atoms with van der Waals surface area (Å²) in [6.07, 6.45) is 0. The van der Waals surface area contributed by atoms with Gasteiger partial charge < -0.3 is 10.2 Å². The van der Waals surface area contributed by atoms with Gasteiger partial charge in [-0.15, -0.1) is 22.7 Å². The summed E-state index contributed by atoms with van der Waals surface area (Å²) in [6.45, 7) is 2.15. The molecule has 0 unspecified atom stereocenters. The monoisotopic (exact) mass is 451 g/mol. The summed E-state index contributed by atoms with van der Waals surface area (Å²) in [5.41, 5.74) is 2.24. The summed E-state index contributed by atoms with van der Waals surface area (Å²) < 4.78 is 13.4. The van der Waals surface area contributed by atoms with E-state index in [4.69, 9.17) is 0 Å². The average molecular weight is 452 g/mol. The summed E-state index contributed by atoms with van der Waals surface area (Å²) in [7, 11) is 0. The van der Waals surface area contributed by atoms with Crippen molar-refractivity contribution in [3.05, 3.63) is 98.4 Å². The van der Waals surface area contributed by atoms with Gasteiger partial charge in [-0.25, -0.2) is 9.37 Å². The third-order valence-corrected chi connectivity index (χ3v) is 6.17. The largest absolute Gasteiger partial charge is 0.321 e. The molecular formula is C23H18FN3O2S2. The number of carbonyl (C=O) groups is 2. The van der Waals surface area contributed by atoms with Crippen LogP contribution < -0.4 is 10.2 Å². The summed E-state index contributed by atoms with van der Waals surface area (Å²) in [4.78, 5) is 32.3. The first-order valence-electron chi connectivity index (χ1n) is 9.43. The van der Waals surface area contributed by atoms with Gasteiger partial charge in [-0.1, -0.05) is 12.1 Å². The lowest BCUT2D eigenvalue weighted by molar-refractivity contribution is 0.0982. The lowest BCUT2D eigenvalue weighted by Crippen LogP contribution is -2.30. The average Bonchev–Trinajstić information content (AvgIpc) is 3.44. The molecule has 1 N–H and O–H groups in total. The molecule has 2 amide bonds. The molecule has 156 valence electrons. The smallest absolute Gasteiger partial charge is 0.265 e. The van der Waals surface area contributed by atoms with E-state index < -0.39 is 0 Å². The van der Waals surface area contributed by atoms with Gasteiger partial charge in [0.05, 0.1) is 22.1 Å².